The average molecular weight is 338 g/mol. The van der Waals surface area contributed by atoms with Gasteiger partial charge in [-0.05, 0) is 73.8 Å². The normalized spacial score (nSPS) is 42.9. The van der Waals surface area contributed by atoms with Gasteiger partial charge in [-0.2, -0.15) is 0 Å². The summed E-state index contributed by atoms with van der Waals surface area (Å²) in [5, 5.41) is 14.1. The van der Waals surface area contributed by atoms with E-state index in [1.165, 1.54) is 24.0 Å². The van der Waals surface area contributed by atoms with Gasteiger partial charge in [0.1, 0.15) is 0 Å². The number of nitrogens with zero attached hydrogens (tertiary/aromatic N) is 1. The van der Waals surface area contributed by atoms with E-state index in [1.807, 2.05) is 0 Å². The van der Waals surface area contributed by atoms with Crippen molar-refractivity contribution in [2.24, 2.45) is 17.8 Å². The Morgan fingerprint density at radius 1 is 1.04 bits per heavy atom. The minimum Gasteiger partial charge on any atom is -0.390 e. The summed E-state index contributed by atoms with van der Waals surface area (Å²) in [4.78, 5) is 15.2. The van der Waals surface area contributed by atoms with E-state index in [0.717, 1.165) is 38.6 Å². The lowest BCUT2D eigenvalue weighted by Gasteiger charge is -2.61. The monoisotopic (exact) mass is 338 g/mol. The van der Waals surface area contributed by atoms with Crippen molar-refractivity contribution in [1.29, 1.82) is 0 Å². The lowest BCUT2D eigenvalue weighted by molar-refractivity contribution is -0.160. The first-order chi connectivity index (χ1) is 12.1. The molecule has 5 aliphatic carbocycles. The Bertz CT molecular complexity index is 719. The van der Waals surface area contributed by atoms with Crippen molar-refractivity contribution in [3.05, 3.63) is 35.4 Å². The Labute approximate surface area is 148 Å². The zero-order chi connectivity index (χ0) is 16.8. The number of hydrogen-bond donors (Lipinski definition) is 2. The molecule has 5 atom stereocenters. The summed E-state index contributed by atoms with van der Waals surface area (Å²) in [6.07, 6.45) is 7.16. The number of carbonyl (C=O) groups is 1. The highest BCUT2D eigenvalue weighted by Gasteiger charge is 2.61. The molecule has 25 heavy (non-hydrogen) atoms. The molecule has 0 radical (unpaired) electrons. The van der Waals surface area contributed by atoms with Crippen molar-refractivity contribution >= 4 is 6.03 Å². The molecule has 4 heteroatoms. The van der Waals surface area contributed by atoms with E-state index < -0.39 is 5.60 Å². The fourth-order valence-electron chi connectivity index (χ4n) is 7.42. The molecule has 7 rings (SSSR count). The second kappa shape index (κ2) is 4.59. The Kier molecular flexibility index (Phi) is 2.68. The van der Waals surface area contributed by atoms with E-state index in [9.17, 15) is 9.90 Å². The number of urea groups is 1. The molecule has 6 aliphatic rings. The SMILES string of the molecule is O=C1NCC2(Cc3ccccc3C2)N1C1C2CC3C[C@@H]1CC(O)(C3)C2. The van der Waals surface area contributed by atoms with Crippen LogP contribution in [0.2, 0.25) is 0 Å². The Hall–Kier alpha value is -1.55. The quantitative estimate of drug-likeness (QED) is 0.827. The predicted octanol–water partition coefficient (Wildman–Crippen LogP) is 2.49. The van der Waals surface area contributed by atoms with Gasteiger partial charge in [0.05, 0.1) is 11.1 Å². The third-order valence-corrected chi connectivity index (χ3v) is 7.95. The molecule has 0 aromatic heterocycles. The van der Waals surface area contributed by atoms with E-state index in [2.05, 4.69) is 34.5 Å². The molecule has 1 aromatic rings. The van der Waals surface area contributed by atoms with Crippen LogP contribution in [0.15, 0.2) is 24.3 Å². The number of amides is 2. The molecule has 2 amide bonds. The Morgan fingerprint density at radius 3 is 2.28 bits per heavy atom. The van der Waals surface area contributed by atoms with Crippen molar-refractivity contribution in [3.63, 3.8) is 0 Å². The van der Waals surface area contributed by atoms with Crippen LogP contribution in [-0.4, -0.2) is 39.8 Å². The van der Waals surface area contributed by atoms with E-state index in [0.29, 0.717) is 23.8 Å². The van der Waals surface area contributed by atoms with E-state index in [1.54, 1.807) is 0 Å². The fourth-order valence-corrected chi connectivity index (χ4v) is 7.42. The topological polar surface area (TPSA) is 52.6 Å². The molecule has 2 N–H and O–H groups in total. The van der Waals surface area contributed by atoms with Crippen LogP contribution in [0.1, 0.15) is 43.2 Å². The minimum absolute atomic E-state index is 0.0799. The molecule has 4 saturated carbocycles. The smallest absolute Gasteiger partial charge is 0.318 e. The highest BCUT2D eigenvalue weighted by atomic mass is 16.3. The van der Waals surface area contributed by atoms with Crippen LogP contribution in [0.4, 0.5) is 4.79 Å². The number of rotatable bonds is 1. The van der Waals surface area contributed by atoms with Gasteiger partial charge in [-0.25, -0.2) is 4.79 Å². The van der Waals surface area contributed by atoms with Crippen molar-refractivity contribution in [1.82, 2.24) is 10.2 Å². The Morgan fingerprint density at radius 2 is 1.68 bits per heavy atom. The van der Waals surface area contributed by atoms with E-state index in [-0.39, 0.29) is 11.6 Å². The maximum Gasteiger partial charge on any atom is 0.318 e. The van der Waals surface area contributed by atoms with Gasteiger partial charge in [0, 0.05) is 12.6 Å². The number of carbonyl (C=O) groups excluding carboxylic acids is 1. The molecule has 1 aromatic carbocycles. The first kappa shape index (κ1) is 14.6. The van der Waals surface area contributed by atoms with Crippen molar-refractivity contribution in [2.75, 3.05) is 6.54 Å². The third-order valence-electron chi connectivity index (χ3n) is 7.95. The lowest BCUT2D eigenvalue weighted by Crippen LogP contribution is -2.66. The molecule has 4 bridgehead atoms. The zero-order valence-electron chi connectivity index (χ0n) is 14.6. The van der Waals surface area contributed by atoms with Gasteiger partial charge >= 0.3 is 6.03 Å². The second-order valence-corrected chi connectivity index (χ2v) is 9.56. The summed E-state index contributed by atoms with van der Waals surface area (Å²) in [6.45, 7) is 0.768. The van der Waals surface area contributed by atoms with Crippen LogP contribution in [0.5, 0.6) is 0 Å². The second-order valence-electron chi connectivity index (χ2n) is 9.56. The van der Waals surface area contributed by atoms with Crippen LogP contribution >= 0.6 is 0 Å². The average Bonchev–Trinajstić information content (AvgIpc) is 3.07. The molecule has 132 valence electrons. The van der Waals surface area contributed by atoms with Crippen LogP contribution in [0.3, 0.4) is 0 Å². The van der Waals surface area contributed by atoms with Gasteiger partial charge < -0.3 is 15.3 Å². The summed E-state index contributed by atoms with van der Waals surface area (Å²) in [7, 11) is 0. The molecule has 1 heterocycles. The Balaban J connectivity index is 1.38. The largest absolute Gasteiger partial charge is 0.390 e. The number of benzene rings is 1. The number of fused-ring (bicyclic) bond motifs is 1. The minimum atomic E-state index is -0.436. The van der Waals surface area contributed by atoms with Crippen LogP contribution in [-0.2, 0) is 12.8 Å². The van der Waals surface area contributed by atoms with Crippen molar-refractivity contribution in [3.8, 4) is 0 Å². The zero-order valence-corrected chi connectivity index (χ0v) is 14.6. The van der Waals surface area contributed by atoms with E-state index in [4.69, 9.17) is 0 Å². The van der Waals surface area contributed by atoms with Gasteiger partial charge in [-0.3, -0.25) is 0 Å². The fraction of sp³-hybridized carbons (Fsp3) is 0.667. The molecule has 4 nitrogen and oxygen atoms in total. The number of nitrogens with one attached hydrogen (secondary N) is 1. The molecule has 4 unspecified atom stereocenters. The molecule has 1 spiro atoms. The van der Waals surface area contributed by atoms with Crippen LogP contribution in [0.25, 0.3) is 0 Å². The van der Waals surface area contributed by atoms with Crippen molar-refractivity contribution in [2.45, 2.75) is 62.1 Å². The third kappa shape index (κ3) is 1.89. The summed E-state index contributed by atoms with van der Waals surface area (Å²) in [6, 6.07) is 9.15. The van der Waals surface area contributed by atoms with Gasteiger partial charge in [0.2, 0.25) is 0 Å². The first-order valence-electron chi connectivity index (χ1n) is 9.92. The summed E-state index contributed by atoms with van der Waals surface area (Å²) in [5.41, 5.74) is 2.30. The van der Waals surface area contributed by atoms with Crippen LogP contribution in [0, 0.1) is 17.8 Å². The van der Waals surface area contributed by atoms with Gasteiger partial charge in [0.25, 0.3) is 0 Å². The van der Waals surface area contributed by atoms with Crippen molar-refractivity contribution < 1.29 is 9.90 Å². The lowest BCUT2D eigenvalue weighted by atomic mass is 9.51. The molecule has 1 aliphatic heterocycles. The van der Waals surface area contributed by atoms with Gasteiger partial charge in [-0.15, -0.1) is 0 Å². The first-order valence-corrected chi connectivity index (χ1v) is 9.92. The molecular weight excluding hydrogens is 312 g/mol. The molecular formula is C21H26N2O2. The molecule has 1 saturated heterocycles. The standard InChI is InChI=1S/C21H26N2O2/c24-19-22-12-20(8-14-3-1-2-4-15(14)9-20)23(19)18-16-5-13-6-17(18)11-21(25,7-13)10-16/h1-4,13,16-18,25H,5-12H2,(H,22,24)/t13?,16-,17?,18?,21?/m1/s1. The predicted molar refractivity (Wildman–Crippen MR) is 94.1 cm³/mol. The molecule has 5 fully saturated rings. The number of aliphatic hydroxyl groups is 1. The van der Waals surface area contributed by atoms with Gasteiger partial charge in [0.15, 0.2) is 0 Å². The van der Waals surface area contributed by atoms with Gasteiger partial charge in [-0.1, -0.05) is 24.3 Å². The maximum atomic E-state index is 12.9. The summed E-state index contributed by atoms with van der Waals surface area (Å²) >= 11 is 0. The highest BCUT2D eigenvalue weighted by molar-refractivity contribution is 5.79. The summed E-state index contributed by atoms with van der Waals surface area (Å²) in [5.74, 6) is 1.66. The maximum absolute atomic E-state index is 12.9. The summed E-state index contributed by atoms with van der Waals surface area (Å²) < 4.78 is 0. The van der Waals surface area contributed by atoms with Crippen LogP contribution < -0.4 is 5.32 Å². The highest BCUT2D eigenvalue weighted by Crippen LogP contribution is 2.58. The van der Waals surface area contributed by atoms with E-state index >= 15 is 0 Å². The number of hydrogen-bond acceptors (Lipinski definition) is 2.